The highest BCUT2D eigenvalue weighted by atomic mass is 35.5. The molecule has 19 heavy (non-hydrogen) atoms. The van der Waals surface area contributed by atoms with Crippen molar-refractivity contribution in [2.45, 2.75) is 38.9 Å². The smallest absolute Gasteiger partial charge is 0.253 e. The summed E-state index contributed by atoms with van der Waals surface area (Å²) in [6.07, 6.45) is 2.35. The number of benzene rings is 1. The third-order valence-electron chi connectivity index (χ3n) is 3.27. The monoisotopic (exact) mass is 281 g/mol. The molecule has 1 aromatic rings. The molecule has 1 aliphatic rings. The molecule has 0 bridgehead atoms. The van der Waals surface area contributed by atoms with E-state index in [1.165, 1.54) is 0 Å². The molecule has 0 radical (unpaired) electrons. The van der Waals surface area contributed by atoms with Crippen LogP contribution in [0.15, 0.2) is 24.3 Å². The first-order valence-corrected chi connectivity index (χ1v) is 7.14. The molecule has 1 amide bonds. The summed E-state index contributed by atoms with van der Waals surface area (Å²) in [5, 5.41) is 0.601. The average molecular weight is 282 g/mol. The van der Waals surface area contributed by atoms with Gasteiger partial charge in [0, 0.05) is 23.7 Å². The van der Waals surface area contributed by atoms with E-state index >= 15 is 0 Å². The van der Waals surface area contributed by atoms with Crippen LogP contribution < -0.4 is 0 Å². The van der Waals surface area contributed by atoms with Crippen molar-refractivity contribution < 1.29 is 9.53 Å². The van der Waals surface area contributed by atoms with Crippen molar-refractivity contribution in [2.75, 3.05) is 13.1 Å². The third kappa shape index (κ3) is 3.95. The van der Waals surface area contributed by atoms with E-state index in [0.29, 0.717) is 10.6 Å². The molecule has 0 saturated carbocycles. The summed E-state index contributed by atoms with van der Waals surface area (Å²) in [5.74, 6) is 0.0606. The Labute approximate surface area is 119 Å². The molecular formula is C15H20ClNO2. The summed E-state index contributed by atoms with van der Waals surface area (Å²) < 4.78 is 5.78. The highest BCUT2D eigenvalue weighted by Gasteiger charge is 2.24. The lowest BCUT2D eigenvalue weighted by Crippen LogP contribution is -2.41. The van der Waals surface area contributed by atoms with E-state index in [-0.39, 0.29) is 18.1 Å². The first-order valence-electron chi connectivity index (χ1n) is 6.76. The van der Waals surface area contributed by atoms with Gasteiger partial charge in [-0.3, -0.25) is 4.79 Å². The summed E-state index contributed by atoms with van der Waals surface area (Å²) in [4.78, 5) is 14.2. The van der Waals surface area contributed by atoms with Crippen molar-refractivity contribution in [2.24, 2.45) is 0 Å². The molecule has 1 aliphatic heterocycles. The Morgan fingerprint density at radius 1 is 1.37 bits per heavy atom. The van der Waals surface area contributed by atoms with Crippen molar-refractivity contribution in [3.63, 3.8) is 0 Å². The van der Waals surface area contributed by atoms with Gasteiger partial charge in [0.15, 0.2) is 0 Å². The van der Waals surface area contributed by atoms with Gasteiger partial charge in [-0.25, -0.2) is 0 Å². The van der Waals surface area contributed by atoms with Crippen LogP contribution in [-0.4, -0.2) is 36.1 Å². The number of amides is 1. The maximum atomic E-state index is 12.3. The van der Waals surface area contributed by atoms with Crippen molar-refractivity contribution in [1.29, 1.82) is 0 Å². The van der Waals surface area contributed by atoms with Gasteiger partial charge in [0.25, 0.3) is 5.91 Å². The van der Waals surface area contributed by atoms with E-state index in [4.69, 9.17) is 16.3 Å². The van der Waals surface area contributed by atoms with E-state index in [0.717, 1.165) is 25.9 Å². The van der Waals surface area contributed by atoms with Crippen LogP contribution in [0.25, 0.3) is 0 Å². The number of nitrogens with zero attached hydrogens (tertiary/aromatic N) is 1. The fraction of sp³-hybridized carbons (Fsp3) is 0.533. The first-order chi connectivity index (χ1) is 9.06. The van der Waals surface area contributed by atoms with Gasteiger partial charge in [-0.2, -0.15) is 0 Å². The number of piperidine rings is 1. The average Bonchev–Trinajstić information content (AvgIpc) is 2.38. The molecule has 0 aliphatic carbocycles. The van der Waals surface area contributed by atoms with Crippen LogP contribution in [0.5, 0.6) is 0 Å². The Bertz CT molecular complexity index is 440. The molecule has 3 nitrogen and oxygen atoms in total. The molecule has 1 heterocycles. The highest BCUT2D eigenvalue weighted by Crippen LogP contribution is 2.19. The van der Waals surface area contributed by atoms with Crippen LogP contribution in [0, 0.1) is 0 Å². The maximum absolute atomic E-state index is 12.3. The van der Waals surface area contributed by atoms with Crippen LogP contribution >= 0.6 is 11.6 Å². The Balaban J connectivity index is 1.92. The summed E-state index contributed by atoms with van der Waals surface area (Å²) in [5.41, 5.74) is 0.663. The number of halogens is 1. The standard InChI is InChI=1S/C15H20ClNO2/c1-11(2)19-14-6-8-17(9-7-14)15(18)12-4-3-5-13(16)10-12/h3-5,10-11,14H,6-9H2,1-2H3. The van der Waals surface area contributed by atoms with Gasteiger partial charge >= 0.3 is 0 Å². The van der Waals surface area contributed by atoms with Crippen molar-refractivity contribution >= 4 is 17.5 Å². The van der Waals surface area contributed by atoms with Crippen LogP contribution in [0.2, 0.25) is 5.02 Å². The van der Waals surface area contributed by atoms with Gasteiger partial charge in [-0.15, -0.1) is 0 Å². The Morgan fingerprint density at radius 2 is 2.05 bits per heavy atom. The van der Waals surface area contributed by atoms with Crippen molar-refractivity contribution in [3.05, 3.63) is 34.9 Å². The number of hydrogen-bond donors (Lipinski definition) is 0. The zero-order valence-electron chi connectivity index (χ0n) is 11.4. The van der Waals surface area contributed by atoms with Crippen LogP contribution in [0.4, 0.5) is 0 Å². The Morgan fingerprint density at radius 3 is 2.63 bits per heavy atom. The van der Waals surface area contributed by atoms with E-state index in [1.54, 1.807) is 12.1 Å². The molecule has 4 heteroatoms. The van der Waals surface area contributed by atoms with Gasteiger partial charge in [0.05, 0.1) is 12.2 Å². The Hall–Kier alpha value is -1.06. The highest BCUT2D eigenvalue weighted by molar-refractivity contribution is 6.30. The zero-order valence-corrected chi connectivity index (χ0v) is 12.2. The lowest BCUT2D eigenvalue weighted by Gasteiger charge is -2.32. The molecule has 1 fully saturated rings. The van der Waals surface area contributed by atoms with E-state index in [1.807, 2.05) is 30.9 Å². The van der Waals surface area contributed by atoms with Crippen LogP contribution in [0.3, 0.4) is 0 Å². The predicted octanol–water partition coefficient (Wildman–Crippen LogP) is 3.37. The summed E-state index contributed by atoms with van der Waals surface area (Å²) in [6.45, 7) is 5.60. The lowest BCUT2D eigenvalue weighted by atomic mass is 10.1. The molecule has 0 N–H and O–H groups in total. The van der Waals surface area contributed by atoms with Gasteiger partial charge in [0.2, 0.25) is 0 Å². The second-order valence-electron chi connectivity index (χ2n) is 5.19. The van der Waals surface area contributed by atoms with Gasteiger partial charge in [-0.1, -0.05) is 17.7 Å². The molecular weight excluding hydrogens is 262 g/mol. The number of carbonyl (C=O) groups is 1. The Kier molecular flexibility index (Phi) is 4.83. The van der Waals surface area contributed by atoms with Crippen molar-refractivity contribution in [3.8, 4) is 0 Å². The summed E-state index contributed by atoms with van der Waals surface area (Å²) in [7, 11) is 0. The quantitative estimate of drug-likeness (QED) is 0.850. The predicted molar refractivity (Wildman–Crippen MR) is 76.6 cm³/mol. The molecule has 1 saturated heterocycles. The fourth-order valence-electron chi connectivity index (χ4n) is 2.38. The molecule has 0 unspecified atom stereocenters. The number of likely N-dealkylation sites (tertiary alicyclic amines) is 1. The number of hydrogen-bond acceptors (Lipinski definition) is 2. The second-order valence-corrected chi connectivity index (χ2v) is 5.62. The SMILES string of the molecule is CC(C)OC1CCN(C(=O)c2cccc(Cl)c2)CC1. The number of rotatable bonds is 3. The number of carbonyl (C=O) groups excluding carboxylic acids is 1. The molecule has 0 spiro atoms. The maximum Gasteiger partial charge on any atom is 0.253 e. The van der Waals surface area contributed by atoms with E-state index < -0.39 is 0 Å². The number of ether oxygens (including phenoxy) is 1. The molecule has 1 aromatic carbocycles. The summed E-state index contributed by atoms with van der Waals surface area (Å²) >= 11 is 5.92. The molecule has 0 atom stereocenters. The first kappa shape index (κ1) is 14.4. The topological polar surface area (TPSA) is 29.5 Å². The minimum atomic E-state index is 0.0606. The van der Waals surface area contributed by atoms with Crippen molar-refractivity contribution in [1.82, 2.24) is 4.90 Å². The molecule has 2 rings (SSSR count). The van der Waals surface area contributed by atoms with E-state index in [2.05, 4.69) is 0 Å². The minimum Gasteiger partial charge on any atom is -0.375 e. The third-order valence-corrected chi connectivity index (χ3v) is 3.50. The van der Waals surface area contributed by atoms with Crippen LogP contribution in [0.1, 0.15) is 37.0 Å². The lowest BCUT2D eigenvalue weighted by molar-refractivity contribution is -0.0236. The van der Waals surface area contributed by atoms with Gasteiger partial charge < -0.3 is 9.64 Å². The minimum absolute atomic E-state index is 0.0606. The normalized spacial score (nSPS) is 16.9. The van der Waals surface area contributed by atoms with Crippen LogP contribution in [-0.2, 0) is 4.74 Å². The zero-order chi connectivity index (χ0) is 13.8. The summed E-state index contributed by atoms with van der Waals surface area (Å²) in [6, 6.07) is 7.12. The second kappa shape index (κ2) is 6.40. The molecule has 0 aromatic heterocycles. The molecule has 104 valence electrons. The fourth-order valence-corrected chi connectivity index (χ4v) is 2.57. The van der Waals surface area contributed by atoms with Gasteiger partial charge in [0.1, 0.15) is 0 Å². The van der Waals surface area contributed by atoms with E-state index in [9.17, 15) is 4.79 Å². The van der Waals surface area contributed by atoms with Gasteiger partial charge in [-0.05, 0) is 44.9 Å². The largest absolute Gasteiger partial charge is 0.375 e.